The van der Waals surface area contributed by atoms with E-state index in [0.717, 1.165) is 31.3 Å². The summed E-state index contributed by atoms with van der Waals surface area (Å²) in [7, 11) is 0. The van der Waals surface area contributed by atoms with Gasteiger partial charge in [0.25, 0.3) is 0 Å². The third-order valence-corrected chi connectivity index (χ3v) is 5.50. The summed E-state index contributed by atoms with van der Waals surface area (Å²) in [6, 6.07) is -0.729. The number of fused-ring (bicyclic) bond motifs is 2. The average Bonchev–Trinajstić information content (AvgIpc) is 3.10. The number of hydrogen-bond donors (Lipinski definition) is 3. The van der Waals surface area contributed by atoms with Crippen LogP contribution in [0.1, 0.15) is 38.5 Å². The number of nitrogens with one attached hydrogen (secondary N) is 1. The number of nitrogens with zero attached hydrogens (tertiary/aromatic N) is 1. The largest absolute Gasteiger partial charge is 0.480 e. The zero-order chi connectivity index (χ0) is 16.6. The van der Waals surface area contributed by atoms with Crippen molar-refractivity contribution >= 4 is 17.8 Å². The number of likely N-dealkylation sites (tertiary alicyclic amines) is 1. The van der Waals surface area contributed by atoms with Gasteiger partial charge in [-0.1, -0.05) is 11.6 Å². The molecule has 1 aliphatic heterocycles. The number of piperidine rings is 1. The Labute approximate surface area is 134 Å². The molecule has 7 heteroatoms. The van der Waals surface area contributed by atoms with Crippen LogP contribution in [0.2, 0.25) is 0 Å². The standard InChI is InChI=1S/C16H22N2O5/c19-14(17-23)8-11-9-4-5-10(11)12(7-9)15(20)18-6-2-1-3-13(18)16(21)22/h7,10-13,23H,1-6,8H2,(H,17,19)(H,21,22). The Morgan fingerprint density at radius 1 is 1.26 bits per heavy atom. The number of carboxylic acid groups (broad SMARTS) is 1. The van der Waals surface area contributed by atoms with Crippen LogP contribution in [0.25, 0.3) is 0 Å². The lowest BCUT2D eigenvalue weighted by Gasteiger charge is -2.36. The fourth-order valence-corrected chi connectivity index (χ4v) is 4.41. The fourth-order valence-electron chi connectivity index (χ4n) is 4.41. The van der Waals surface area contributed by atoms with Gasteiger partial charge in [0, 0.05) is 13.0 Å². The maximum absolute atomic E-state index is 12.9. The Hall–Kier alpha value is -1.89. The quantitative estimate of drug-likeness (QED) is 0.405. The monoisotopic (exact) mass is 322 g/mol. The zero-order valence-electron chi connectivity index (χ0n) is 12.9. The first kappa shape index (κ1) is 16.0. The molecular weight excluding hydrogens is 300 g/mol. The van der Waals surface area contributed by atoms with Crippen molar-refractivity contribution in [3.63, 3.8) is 0 Å². The molecule has 4 unspecified atom stereocenters. The molecule has 2 fully saturated rings. The first-order valence-corrected chi connectivity index (χ1v) is 8.19. The van der Waals surface area contributed by atoms with E-state index < -0.39 is 17.9 Å². The van der Waals surface area contributed by atoms with Gasteiger partial charge in [-0.25, -0.2) is 10.3 Å². The normalized spacial score (nSPS) is 32.6. The van der Waals surface area contributed by atoms with E-state index in [1.54, 1.807) is 5.48 Å². The van der Waals surface area contributed by atoms with Crippen LogP contribution < -0.4 is 5.48 Å². The summed E-state index contributed by atoms with van der Waals surface area (Å²) >= 11 is 0. The molecule has 0 spiro atoms. The molecule has 0 aromatic heterocycles. The van der Waals surface area contributed by atoms with E-state index in [0.29, 0.717) is 13.0 Å². The van der Waals surface area contributed by atoms with Crippen LogP contribution in [-0.4, -0.2) is 45.6 Å². The Kier molecular flexibility index (Phi) is 4.39. The van der Waals surface area contributed by atoms with Crippen molar-refractivity contribution < 1.29 is 24.7 Å². The molecule has 2 aliphatic carbocycles. The number of allylic oxidation sites excluding steroid dienone is 1. The van der Waals surface area contributed by atoms with Gasteiger partial charge in [-0.3, -0.25) is 14.8 Å². The number of amides is 2. The maximum atomic E-state index is 12.9. The number of aliphatic carboxylic acids is 1. The van der Waals surface area contributed by atoms with Crippen molar-refractivity contribution in [3.05, 3.63) is 11.6 Å². The topological polar surface area (TPSA) is 107 Å². The van der Waals surface area contributed by atoms with Gasteiger partial charge in [0.05, 0.1) is 5.92 Å². The second-order valence-electron chi connectivity index (χ2n) is 6.70. The van der Waals surface area contributed by atoms with E-state index in [4.69, 9.17) is 5.21 Å². The van der Waals surface area contributed by atoms with E-state index in [1.165, 1.54) is 4.90 Å². The van der Waals surface area contributed by atoms with E-state index >= 15 is 0 Å². The van der Waals surface area contributed by atoms with Crippen molar-refractivity contribution in [1.82, 2.24) is 10.4 Å². The lowest BCUT2D eigenvalue weighted by atomic mass is 9.85. The van der Waals surface area contributed by atoms with Crippen molar-refractivity contribution in [2.24, 2.45) is 17.8 Å². The molecule has 7 nitrogen and oxygen atoms in total. The lowest BCUT2D eigenvalue weighted by Crippen LogP contribution is -2.50. The Morgan fingerprint density at radius 3 is 2.74 bits per heavy atom. The molecule has 1 heterocycles. The summed E-state index contributed by atoms with van der Waals surface area (Å²) in [5.41, 5.74) is 2.75. The lowest BCUT2D eigenvalue weighted by molar-refractivity contribution is -0.154. The minimum absolute atomic E-state index is 0.0100. The van der Waals surface area contributed by atoms with Crippen LogP contribution in [0.3, 0.4) is 0 Å². The van der Waals surface area contributed by atoms with Crippen LogP contribution in [-0.2, 0) is 14.4 Å². The molecule has 1 saturated carbocycles. The smallest absolute Gasteiger partial charge is 0.326 e. The number of hydroxylamine groups is 1. The minimum Gasteiger partial charge on any atom is -0.480 e. The molecule has 126 valence electrons. The zero-order valence-corrected chi connectivity index (χ0v) is 12.9. The average molecular weight is 322 g/mol. The number of carbonyl (C=O) groups excluding carboxylic acids is 2. The molecule has 0 radical (unpaired) electrons. The predicted molar refractivity (Wildman–Crippen MR) is 79.3 cm³/mol. The van der Waals surface area contributed by atoms with Gasteiger partial charge in [0.2, 0.25) is 11.8 Å². The predicted octanol–water partition coefficient (Wildman–Crippen LogP) is 0.930. The van der Waals surface area contributed by atoms with Crippen molar-refractivity contribution in [1.29, 1.82) is 0 Å². The highest BCUT2D eigenvalue weighted by Crippen LogP contribution is 2.50. The van der Waals surface area contributed by atoms with Crippen LogP contribution in [0.5, 0.6) is 0 Å². The Morgan fingerprint density at radius 2 is 2.04 bits per heavy atom. The van der Waals surface area contributed by atoms with Crippen molar-refractivity contribution in [2.75, 3.05) is 6.54 Å². The van der Waals surface area contributed by atoms with E-state index in [9.17, 15) is 19.5 Å². The Bertz CT molecular complexity index is 559. The van der Waals surface area contributed by atoms with E-state index in [2.05, 4.69) is 0 Å². The van der Waals surface area contributed by atoms with Gasteiger partial charge in [0.1, 0.15) is 6.04 Å². The second-order valence-corrected chi connectivity index (χ2v) is 6.70. The minimum atomic E-state index is -0.940. The van der Waals surface area contributed by atoms with Gasteiger partial charge in [-0.15, -0.1) is 0 Å². The van der Waals surface area contributed by atoms with E-state index in [1.807, 2.05) is 6.08 Å². The molecule has 3 N–H and O–H groups in total. The number of hydrogen-bond acceptors (Lipinski definition) is 4. The maximum Gasteiger partial charge on any atom is 0.326 e. The fraction of sp³-hybridized carbons (Fsp3) is 0.688. The summed E-state index contributed by atoms with van der Waals surface area (Å²) in [5.74, 6) is -1.79. The molecule has 1 saturated heterocycles. The van der Waals surface area contributed by atoms with Gasteiger partial charge < -0.3 is 10.0 Å². The van der Waals surface area contributed by atoms with Crippen LogP contribution in [0.15, 0.2) is 11.6 Å². The van der Waals surface area contributed by atoms with Gasteiger partial charge in [-0.2, -0.15) is 0 Å². The number of rotatable bonds is 4. The van der Waals surface area contributed by atoms with Crippen LogP contribution in [0.4, 0.5) is 0 Å². The summed E-state index contributed by atoms with van der Waals surface area (Å²) in [4.78, 5) is 37.2. The van der Waals surface area contributed by atoms with Gasteiger partial charge in [-0.05, 0) is 43.9 Å². The summed E-state index contributed by atoms with van der Waals surface area (Å²) in [6.45, 7) is 0.490. The van der Waals surface area contributed by atoms with Crippen molar-refractivity contribution in [3.8, 4) is 0 Å². The van der Waals surface area contributed by atoms with Gasteiger partial charge >= 0.3 is 5.97 Å². The number of carboxylic acids is 1. The van der Waals surface area contributed by atoms with Crippen LogP contribution >= 0.6 is 0 Å². The van der Waals surface area contributed by atoms with Gasteiger partial charge in [0.15, 0.2) is 0 Å². The van der Waals surface area contributed by atoms with Crippen LogP contribution in [0, 0.1) is 17.8 Å². The molecular formula is C16H22N2O5. The molecule has 2 bridgehead atoms. The number of carbonyl (C=O) groups is 3. The summed E-state index contributed by atoms with van der Waals surface area (Å²) in [6.07, 6.45) is 6.00. The molecule has 0 aromatic rings. The summed E-state index contributed by atoms with van der Waals surface area (Å²) < 4.78 is 0. The first-order valence-electron chi connectivity index (χ1n) is 8.19. The molecule has 2 amide bonds. The third kappa shape index (κ3) is 2.85. The third-order valence-electron chi connectivity index (χ3n) is 5.50. The van der Waals surface area contributed by atoms with E-state index in [-0.39, 0.29) is 30.1 Å². The molecule has 3 aliphatic rings. The molecule has 3 rings (SSSR count). The van der Waals surface area contributed by atoms with Crippen molar-refractivity contribution in [2.45, 2.75) is 44.6 Å². The first-order chi connectivity index (χ1) is 11.0. The summed E-state index contributed by atoms with van der Waals surface area (Å²) in [5, 5.41) is 18.0. The Balaban J connectivity index is 1.74. The molecule has 4 atom stereocenters. The highest BCUT2D eigenvalue weighted by atomic mass is 16.5. The highest BCUT2D eigenvalue weighted by Gasteiger charge is 2.48. The second kappa shape index (κ2) is 6.31. The molecule has 23 heavy (non-hydrogen) atoms. The highest BCUT2D eigenvalue weighted by molar-refractivity contribution is 5.87. The molecule has 0 aromatic carbocycles. The SMILES string of the molecule is O=C(CC1C2=CC(C(=O)N3CCCCC3C(=O)O)C1CC2)NO.